The smallest absolute Gasteiger partial charge is 0.253 e. The van der Waals surface area contributed by atoms with Crippen molar-refractivity contribution in [2.75, 3.05) is 39.3 Å². The summed E-state index contributed by atoms with van der Waals surface area (Å²) in [6, 6.07) is 8.88. The van der Waals surface area contributed by atoms with Gasteiger partial charge in [-0.15, -0.1) is 0 Å². The molecule has 0 bridgehead atoms. The van der Waals surface area contributed by atoms with E-state index in [-0.39, 0.29) is 12.5 Å². The van der Waals surface area contributed by atoms with Crippen LogP contribution in [0.15, 0.2) is 24.3 Å². The first kappa shape index (κ1) is 14.5. The molecule has 5 heteroatoms. The summed E-state index contributed by atoms with van der Waals surface area (Å²) in [5.74, 6) is -0.0204. The van der Waals surface area contributed by atoms with Crippen LogP contribution in [0.3, 0.4) is 0 Å². The highest BCUT2D eigenvalue weighted by molar-refractivity contribution is 5.94. The molecule has 1 heterocycles. The summed E-state index contributed by atoms with van der Waals surface area (Å²) < 4.78 is 0. The van der Waals surface area contributed by atoms with E-state index in [1.165, 1.54) is 0 Å². The van der Waals surface area contributed by atoms with Crippen LogP contribution < -0.4 is 0 Å². The first-order valence-corrected chi connectivity index (χ1v) is 6.87. The van der Waals surface area contributed by atoms with Gasteiger partial charge in [-0.05, 0) is 31.2 Å². The van der Waals surface area contributed by atoms with Crippen LogP contribution in [-0.4, -0.2) is 60.1 Å². The monoisotopic (exact) mass is 273 g/mol. The molecule has 2 rings (SSSR count). The van der Waals surface area contributed by atoms with Crippen molar-refractivity contribution in [3.8, 4) is 6.07 Å². The molecule has 0 radical (unpaired) electrons. The van der Waals surface area contributed by atoms with Crippen LogP contribution in [0.4, 0.5) is 0 Å². The summed E-state index contributed by atoms with van der Waals surface area (Å²) in [4.78, 5) is 16.4. The molecule has 5 nitrogen and oxygen atoms in total. The predicted molar refractivity (Wildman–Crippen MR) is 75.2 cm³/mol. The number of rotatable bonds is 3. The maximum Gasteiger partial charge on any atom is 0.253 e. The van der Waals surface area contributed by atoms with Gasteiger partial charge in [0, 0.05) is 31.7 Å². The van der Waals surface area contributed by atoms with Gasteiger partial charge in [0.25, 0.3) is 5.91 Å². The number of nitrogens with zero attached hydrogens (tertiary/aromatic N) is 3. The molecule has 0 aliphatic carbocycles. The van der Waals surface area contributed by atoms with Gasteiger partial charge in [0.15, 0.2) is 0 Å². The van der Waals surface area contributed by atoms with Crippen LogP contribution in [-0.2, 0) is 0 Å². The van der Waals surface area contributed by atoms with Crippen LogP contribution in [0.25, 0.3) is 0 Å². The normalized spacial score (nSPS) is 16.5. The average Bonchev–Trinajstić information content (AvgIpc) is 2.73. The lowest BCUT2D eigenvalue weighted by Gasteiger charge is -2.21. The Labute approximate surface area is 119 Å². The Balaban J connectivity index is 2.03. The number of hydrogen-bond acceptors (Lipinski definition) is 4. The van der Waals surface area contributed by atoms with Crippen molar-refractivity contribution in [3.05, 3.63) is 35.4 Å². The molecule has 1 aliphatic rings. The molecule has 0 atom stereocenters. The minimum absolute atomic E-state index is 0.0204. The highest BCUT2D eigenvalue weighted by Gasteiger charge is 2.20. The summed E-state index contributed by atoms with van der Waals surface area (Å²) in [7, 11) is 0. The molecule has 1 N–H and O–H groups in total. The fraction of sp³-hybridized carbons (Fsp3) is 0.467. The SMILES string of the molecule is N#Cc1cccc(C(=O)N2CCCN(CCO)CC2)c1. The van der Waals surface area contributed by atoms with Crippen LogP contribution in [0.1, 0.15) is 22.3 Å². The fourth-order valence-corrected chi connectivity index (χ4v) is 2.44. The number of aliphatic hydroxyl groups excluding tert-OH is 1. The Kier molecular flexibility index (Phi) is 5.10. The molecule has 0 saturated carbocycles. The van der Waals surface area contributed by atoms with E-state index in [9.17, 15) is 4.79 Å². The lowest BCUT2D eigenvalue weighted by molar-refractivity contribution is 0.0760. The molecular weight excluding hydrogens is 254 g/mol. The molecule has 1 saturated heterocycles. The third-order valence-electron chi connectivity index (χ3n) is 3.53. The third-order valence-corrected chi connectivity index (χ3v) is 3.53. The highest BCUT2D eigenvalue weighted by atomic mass is 16.3. The zero-order valence-corrected chi connectivity index (χ0v) is 11.5. The van der Waals surface area contributed by atoms with E-state index < -0.39 is 0 Å². The van der Waals surface area contributed by atoms with Crippen LogP contribution in [0.2, 0.25) is 0 Å². The van der Waals surface area contributed by atoms with Crippen LogP contribution in [0.5, 0.6) is 0 Å². The standard InChI is InChI=1S/C15H19N3O2/c16-12-13-3-1-4-14(11-13)15(20)18-6-2-5-17(7-8-18)9-10-19/h1,3-4,11,19H,2,5-10H2. The van der Waals surface area contributed by atoms with Crippen molar-refractivity contribution in [1.29, 1.82) is 5.26 Å². The minimum atomic E-state index is -0.0204. The third kappa shape index (κ3) is 3.56. The van der Waals surface area contributed by atoms with Gasteiger partial charge in [0.2, 0.25) is 0 Å². The van der Waals surface area contributed by atoms with Crippen molar-refractivity contribution >= 4 is 5.91 Å². The van der Waals surface area contributed by atoms with E-state index in [4.69, 9.17) is 10.4 Å². The number of carbonyl (C=O) groups excluding carboxylic acids is 1. The van der Waals surface area contributed by atoms with Gasteiger partial charge in [-0.2, -0.15) is 5.26 Å². The molecule has 106 valence electrons. The average molecular weight is 273 g/mol. The number of hydrogen-bond donors (Lipinski definition) is 1. The summed E-state index contributed by atoms with van der Waals surface area (Å²) in [6.45, 7) is 3.88. The summed E-state index contributed by atoms with van der Waals surface area (Å²) in [5, 5.41) is 17.9. The summed E-state index contributed by atoms with van der Waals surface area (Å²) >= 11 is 0. The molecule has 0 unspecified atom stereocenters. The van der Waals surface area contributed by atoms with E-state index in [0.717, 1.165) is 26.1 Å². The fourth-order valence-electron chi connectivity index (χ4n) is 2.44. The van der Waals surface area contributed by atoms with Crippen molar-refractivity contribution in [1.82, 2.24) is 9.80 Å². The Hall–Kier alpha value is -1.90. The Morgan fingerprint density at radius 1 is 1.30 bits per heavy atom. The topological polar surface area (TPSA) is 67.6 Å². The molecule has 20 heavy (non-hydrogen) atoms. The quantitative estimate of drug-likeness (QED) is 0.880. The zero-order chi connectivity index (χ0) is 14.4. The molecule has 0 aromatic heterocycles. The van der Waals surface area contributed by atoms with Gasteiger partial charge >= 0.3 is 0 Å². The van der Waals surface area contributed by atoms with E-state index in [1.807, 2.05) is 4.90 Å². The number of carbonyl (C=O) groups is 1. The lowest BCUT2D eigenvalue weighted by Crippen LogP contribution is -2.35. The van der Waals surface area contributed by atoms with Crippen LogP contribution in [0, 0.1) is 11.3 Å². The number of nitriles is 1. The van der Waals surface area contributed by atoms with Gasteiger partial charge in [0.1, 0.15) is 0 Å². The van der Waals surface area contributed by atoms with Crippen molar-refractivity contribution in [3.63, 3.8) is 0 Å². The summed E-state index contributed by atoms with van der Waals surface area (Å²) in [5.41, 5.74) is 1.08. The van der Waals surface area contributed by atoms with Gasteiger partial charge in [0.05, 0.1) is 18.2 Å². The first-order chi connectivity index (χ1) is 9.74. The second-order valence-corrected chi connectivity index (χ2v) is 4.90. The molecule has 1 fully saturated rings. The Morgan fingerprint density at radius 3 is 2.90 bits per heavy atom. The molecule has 1 aliphatic heterocycles. The summed E-state index contributed by atoms with van der Waals surface area (Å²) in [6.07, 6.45) is 0.906. The number of benzene rings is 1. The first-order valence-electron chi connectivity index (χ1n) is 6.87. The molecule has 0 spiro atoms. The number of β-amino-alcohol motifs (C(OH)–C–C–N with tert-alkyl or cyclic N) is 1. The lowest BCUT2D eigenvalue weighted by atomic mass is 10.1. The second kappa shape index (κ2) is 7.04. The van der Waals surface area contributed by atoms with E-state index >= 15 is 0 Å². The molecule has 1 aromatic rings. The number of aliphatic hydroxyl groups is 1. The maximum absolute atomic E-state index is 12.4. The van der Waals surface area contributed by atoms with Crippen molar-refractivity contribution in [2.24, 2.45) is 0 Å². The van der Waals surface area contributed by atoms with E-state index in [0.29, 0.717) is 24.2 Å². The van der Waals surface area contributed by atoms with Gasteiger partial charge in [-0.25, -0.2) is 0 Å². The second-order valence-electron chi connectivity index (χ2n) is 4.90. The predicted octanol–water partition coefficient (Wildman–Crippen LogP) is 0.698. The Morgan fingerprint density at radius 2 is 2.15 bits per heavy atom. The maximum atomic E-state index is 12.4. The van der Waals surface area contributed by atoms with E-state index in [2.05, 4.69) is 11.0 Å². The minimum Gasteiger partial charge on any atom is -0.395 e. The molecule has 1 aromatic carbocycles. The van der Waals surface area contributed by atoms with Crippen molar-refractivity contribution in [2.45, 2.75) is 6.42 Å². The molecular formula is C15H19N3O2. The Bertz CT molecular complexity index is 510. The van der Waals surface area contributed by atoms with Gasteiger partial charge in [-0.1, -0.05) is 6.07 Å². The zero-order valence-electron chi connectivity index (χ0n) is 11.5. The largest absolute Gasteiger partial charge is 0.395 e. The highest BCUT2D eigenvalue weighted by Crippen LogP contribution is 2.11. The number of amides is 1. The van der Waals surface area contributed by atoms with E-state index in [1.54, 1.807) is 24.3 Å². The van der Waals surface area contributed by atoms with Crippen LogP contribution >= 0.6 is 0 Å². The van der Waals surface area contributed by atoms with Gasteiger partial charge in [-0.3, -0.25) is 9.69 Å². The van der Waals surface area contributed by atoms with Gasteiger partial charge < -0.3 is 10.0 Å². The molecule has 1 amide bonds. The van der Waals surface area contributed by atoms with Crippen molar-refractivity contribution < 1.29 is 9.90 Å².